The minimum atomic E-state index is -4.78. The monoisotopic (exact) mass is 248 g/mol. The van der Waals surface area contributed by atoms with Crippen LogP contribution < -0.4 is 0 Å². The van der Waals surface area contributed by atoms with Gasteiger partial charge in [0.1, 0.15) is 0 Å². The number of hydrogen-bond acceptors (Lipinski definition) is 2. The van der Waals surface area contributed by atoms with E-state index in [2.05, 4.69) is 0 Å². The van der Waals surface area contributed by atoms with Crippen molar-refractivity contribution in [3.05, 3.63) is 35.4 Å². The van der Waals surface area contributed by atoms with Crippen LogP contribution in [0.15, 0.2) is 24.3 Å². The second-order valence-corrected chi connectivity index (χ2v) is 3.84. The Morgan fingerprint density at radius 2 is 1.71 bits per heavy atom. The first-order valence-electron chi connectivity index (χ1n) is 4.75. The summed E-state index contributed by atoms with van der Waals surface area (Å²) >= 11 is 0. The fraction of sp³-hybridized carbons (Fsp3) is 0.364. The minimum Gasteiger partial charge on any atom is -0.481 e. The number of benzene rings is 1. The smallest absolute Gasteiger partial charge is 0.421 e. The predicted molar refractivity (Wildman–Crippen MR) is 53.4 cm³/mol. The molecule has 0 fully saturated rings. The second kappa shape index (κ2) is 4.37. The Kier molecular flexibility index (Phi) is 3.47. The number of carboxylic acids is 1. The largest absolute Gasteiger partial charge is 0.481 e. The number of aliphatic hydroxyl groups is 1. The van der Waals surface area contributed by atoms with Gasteiger partial charge in [0.25, 0.3) is 0 Å². The molecule has 17 heavy (non-hydrogen) atoms. The molecule has 1 unspecified atom stereocenters. The third-order valence-corrected chi connectivity index (χ3v) is 2.42. The van der Waals surface area contributed by atoms with Gasteiger partial charge in [-0.3, -0.25) is 4.79 Å². The van der Waals surface area contributed by atoms with Gasteiger partial charge in [0.15, 0.2) is 5.60 Å². The molecule has 0 aliphatic heterocycles. The Bertz CT molecular complexity index is 407. The van der Waals surface area contributed by atoms with Crippen LogP contribution in [0.2, 0.25) is 0 Å². The fourth-order valence-electron chi connectivity index (χ4n) is 1.29. The van der Waals surface area contributed by atoms with E-state index in [1.807, 2.05) is 0 Å². The van der Waals surface area contributed by atoms with Crippen LogP contribution in [0.1, 0.15) is 18.1 Å². The predicted octanol–water partition coefficient (Wildman–Crippen LogP) is 2.08. The molecule has 0 aliphatic rings. The third-order valence-electron chi connectivity index (χ3n) is 2.42. The Labute approximate surface area is 95.5 Å². The highest BCUT2D eigenvalue weighted by atomic mass is 19.4. The van der Waals surface area contributed by atoms with E-state index in [9.17, 15) is 23.1 Å². The summed E-state index contributed by atoms with van der Waals surface area (Å²) in [6.45, 7) is 0.652. The van der Waals surface area contributed by atoms with Crippen LogP contribution in [-0.2, 0) is 16.8 Å². The summed E-state index contributed by atoms with van der Waals surface area (Å²) in [5.74, 6) is -1.07. The first kappa shape index (κ1) is 13.5. The first-order valence-corrected chi connectivity index (χ1v) is 4.75. The van der Waals surface area contributed by atoms with Gasteiger partial charge in [0, 0.05) is 0 Å². The molecule has 1 aromatic rings. The zero-order valence-corrected chi connectivity index (χ0v) is 8.95. The van der Waals surface area contributed by atoms with Crippen molar-refractivity contribution in [3.8, 4) is 0 Å². The van der Waals surface area contributed by atoms with Crippen molar-refractivity contribution in [1.82, 2.24) is 0 Å². The number of carbonyl (C=O) groups is 1. The number of hydrogen-bond donors (Lipinski definition) is 2. The van der Waals surface area contributed by atoms with Crippen LogP contribution in [-0.4, -0.2) is 22.4 Å². The number of alkyl halides is 3. The summed E-state index contributed by atoms with van der Waals surface area (Å²) in [5, 5.41) is 17.8. The molecule has 0 heterocycles. The van der Waals surface area contributed by atoms with E-state index < -0.39 is 17.7 Å². The zero-order chi connectivity index (χ0) is 13.3. The van der Waals surface area contributed by atoms with Crippen LogP contribution in [0.5, 0.6) is 0 Å². The molecule has 1 aromatic carbocycles. The van der Waals surface area contributed by atoms with Crippen molar-refractivity contribution in [3.63, 3.8) is 0 Å². The van der Waals surface area contributed by atoms with E-state index in [1.165, 1.54) is 12.1 Å². The lowest BCUT2D eigenvalue weighted by Crippen LogP contribution is -2.39. The maximum atomic E-state index is 12.5. The molecule has 3 nitrogen and oxygen atoms in total. The summed E-state index contributed by atoms with van der Waals surface area (Å²) in [4.78, 5) is 10.4. The Hall–Kier alpha value is -1.56. The lowest BCUT2D eigenvalue weighted by atomic mass is 9.94. The van der Waals surface area contributed by atoms with Crippen LogP contribution in [0, 0.1) is 0 Å². The molecular weight excluding hydrogens is 237 g/mol. The van der Waals surface area contributed by atoms with E-state index in [4.69, 9.17) is 5.11 Å². The van der Waals surface area contributed by atoms with E-state index in [0.717, 1.165) is 12.1 Å². The normalized spacial score (nSPS) is 15.4. The van der Waals surface area contributed by atoms with Crippen LogP contribution >= 0.6 is 0 Å². The molecule has 94 valence electrons. The molecule has 0 radical (unpaired) electrons. The van der Waals surface area contributed by atoms with Crippen LogP contribution in [0.4, 0.5) is 13.2 Å². The Balaban J connectivity index is 2.99. The van der Waals surface area contributed by atoms with Crippen molar-refractivity contribution in [2.24, 2.45) is 0 Å². The third kappa shape index (κ3) is 2.97. The van der Waals surface area contributed by atoms with Crippen LogP contribution in [0.25, 0.3) is 0 Å². The van der Waals surface area contributed by atoms with Gasteiger partial charge in [0.2, 0.25) is 0 Å². The van der Waals surface area contributed by atoms with Crippen molar-refractivity contribution < 1.29 is 28.2 Å². The molecule has 0 bridgehead atoms. The molecule has 6 heteroatoms. The molecular formula is C11H11F3O3. The number of aliphatic carboxylic acids is 1. The van der Waals surface area contributed by atoms with E-state index in [-0.39, 0.29) is 12.0 Å². The molecule has 1 rings (SSSR count). The lowest BCUT2D eigenvalue weighted by molar-refractivity contribution is -0.258. The number of halogens is 3. The summed E-state index contributed by atoms with van der Waals surface area (Å²) in [5.41, 5.74) is -2.88. The molecule has 0 saturated carbocycles. The Morgan fingerprint density at radius 3 is 2.06 bits per heavy atom. The molecule has 0 aromatic heterocycles. The van der Waals surface area contributed by atoms with E-state index in [1.54, 1.807) is 0 Å². The summed E-state index contributed by atoms with van der Waals surface area (Å²) in [6.07, 6.45) is -5.05. The van der Waals surface area contributed by atoms with Gasteiger partial charge in [-0.1, -0.05) is 24.3 Å². The minimum absolute atomic E-state index is 0.269. The molecule has 0 amide bonds. The molecule has 0 aliphatic carbocycles. The maximum absolute atomic E-state index is 12.5. The van der Waals surface area contributed by atoms with Crippen molar-refractivity contribution in [1.29, 1.82) is 0 Å². The van der Waals surface area contributed by atoms with Gasteiger partial charge in [0.05, 0.1) is 6.42 Å². The standard InChI is InChI=1S/C11H11F3O3/c1-10(17,11(12,13)14)8-4-2-7(3-5-8)6-9(15)16/h2-5,17H,6H2,1H3,(H,15,16). The van der Waals surface area contributed by atoms with Crippen molar-refractivity contribution in [2.45, 2.75) is 25.1 Å². The zero-order valence-electron chi connectivity index (χ0n) is 8.95. The SMILES string of the molecule is CC(O)(c1ccc(CC(=O)O)cc1)C(F)(F)F. The highest BCUT2D eigenvalue weighted by molar-refractivity contribution is 5.70. The second-order valence-electron chi connectivity index (χ2n) is 3.84. The van der Waals surface area contributed by atoms with Gasteiger partial charge < -0.3 is 10.2 Å². The van der Waals surface area contributed by atoms with Gasteiger partial charge in [-0.2, -0.15) is 13.2 Å². The summed E-state index contributed by atoms with van der Waals surface area (Å²) in [7, 11) is 0. The molecule has 2 N–H and O–H groups in total. The number of rotatable bonds is 3. The van der Waals surface area contributed by atoms with Gasteiger partial charge >= 0.3 is 12.1 Å². The van der Waals surface area contributed by atoms with Crippen molar-refractivity contribution >= 4 is 5.97 Å². The Morgan fingerprint density at radius 1 is 1.24 bits per heavy atom. The molecule has 1 atom stereocenters. The highest BCUT2D eigenvalue weighted by Crippen LogP contribution is 2.38. The first-order chi connectivity index (χ1) is 7.64. The topological polar surface area (TPSA) is 57.5 Å². The lowest BCUT2D eigenvalue weighted by Gasteiger charge is -2.26. The van der Waals surface area contributed by atoms with E-state index >= 15 is 0 Å². The van der Waals surface area contributed by atoms with Crippen molar-refractivity contribution in [2.75, 3.05) is 0 Å². The highest BCUT2D eigenvalue weighted by Gasteiger charge is 2.50. The van der Waals surface area contributed by atoms with Gasteiger partial charge in [-0.05, 0) is 18.1 Å². The average molecular weight is 248 g/mol. The quantitative estimate of drug-likeness (QED) is 0.861. The molecule has 0 saturated heterocycles. The van der Waals surface area contributed by atoms with Gasteiger partial charge in [-0.25, -0.2) is 0 Å². The average Bonchev–Trinajstić information content (AvgIpc) is 2.15. The van der Waals surface area contributed by atoms with Gasteiger partial charge in [-0.15, -0.1) is 0 Å². The summed E-state index contributed by atoms with van der Waals surface area (Å²) in [6, 6.07) is 4.66. The van der Waals surface area contributed by atoms with E-state index in [0.29, 0.717) is 12.5 Å². The number of carboxylic acid groups (broad SMARTS) is 1. The summed E-state index contributed by atoms with van der Waals surface area (Å²) < 4.78 is 37.5. The maximum Gasteiger partial charge on any atom is 0.421 e. The molecule has 0 spiro atoms. The van der Waals surface area contributed by atoms with Crippen LogP contribution in [0.3, 0.4) is 0 Å². The fourth-order valence-corrected chi connectivity index (χ4v) is 1.29.